The van der Waals surface area contributed by atoms with Crippen LogP contribution >= 0.6 is 24.0 Å². The maximum atomic E-state index is 5.97. The van der Waals surface area contributed by atoms with Crippen molar-refractivity contribution in [1.29, 1.82) is 0 Å². The monoisotopic (exact) mass is 461 g/mol. The summed E-state index contributed by atoms with van der Waals surface area (Å²) in [5.41, 5.74) is 7.16. The van der Waals surface area contributed by atoms with E-state index < -0.39 is 0 Å². The zero-order valence-corrected chi connectivity index (χ0v) is 17.7. The van der Waals surface area contributed by atoms with Gasteiger partial charge in [0.2, 0.25) is 0 Å². The van der Waals surface area contributed by atoms with Crippen molar-refractivity contribution in [2.75, 3.05) is 57.9 Å². The quantitative estimate of drug-likeness (QED) is 0.267. The lowest BCUT2D eigenvalue weighted by molar-refractivity contribution is 0.0376. The van der Waals surface area contributed by atoms with Gasteiger partial charge in [0.25, 0.3) is 0 Å². The highest BCUT2D eigenvalue weighted by molar-refractivity contribution is 14.0. The lowest BCUT2D eigenvalue weighted by Crippen LogP contribution is -2.39. The van der Waals surface area contributed by atoms with Crippen molar-refractivity contribution in [2.45, 2.75) is 19.4 Å². The number of anilines is 1. The van der Waals surface area contributed by atoms with Gasteiger partial charge in [-0.2, -0.15) is 0 Å². The van der Waals surface area contributed by atoms with E-state index in [0.717, 1.165) is 45.8 Å². The van der Waals surface area contributed by atoms with E-state index in [2.05, 4.69) is 46.2 Å². The first-order valence-corrected chi connectivity index (χ1v) is 8.78. The van der Waals surface area contributed by atoms with Crippen LogP contribution in [-0.4, -0.2) is 69.9 Å². The molecule has 1 unspecified atom stereocenters. The Labute approximate surface area is 168 Å². The summed E-state index contributed by atoms with van der Waals surface area (Å²) in [6.45, 7) is 8.54. The van der Waals surface area contributed by atoms with Gasteiger partial charge in [-0.1, -0.05) is 18.2 Å². The van der Waals surface area contributed by atoms with Gasteiger partial charge in [-0.15, -0.1) is 24.0 Å². The summed E-state index contributed by atoms with van der Waals surface area (Å²) >= 11 is 0. The molecule has 1 fully saturated rings. The van der Waals surface area contributed by atoms with Crippen molar-refractivity contribution in [3.8, 4) is 0 Å². The molecule has 0 saturated carbocycles. The van der Waals surface area contributed by atoms with Crippen LogP contribution < -0.4 is 16.0 Å². The molecule has 0 aliphatic carbocycles. The number of nitrogens with zero attached hydrogens (tertiary/aromatic N) is 3. The largest absolute Gasteiger partial charge is 0.379 e. The van der Waals surface area contributed by atoms with E-state index in [1.54, 1.807) is 0 Å². The van der Waals surface area contributed by atoms with Gasteiger partial charge in [0.15, 0.2) is 5.96 Å². The number of ether oxygens (including phenoxy) is 1. The minimum Gasteiger partial charge on any atom is -0.379 e. The van der Waals surface area contributed by atoms with Crippen LogP contribution in [0.3, 0.4) is 0 Å². The van der Waals surface area contributed by atoms with E-state index in [-0.39, 0.29) is 24.0 Å². The molecule has 1 aromatic carbocycles. The maximum Gasteiger partial charge on any atom is 0.188 e. The summed E-state index contributed by atoms with van der Waals surface area (Å²) in [6, 6.07) is 10.6. The Balaban J connectivity index is 0.00000312. The van der Waals surface area contributed by atoms with Gasteiger partial charge in [-0.25, -0.2) is 0 Å². The number of hydrogen-bond acceptors (Lipinski definition) is 4. The Hall–Kier alpha value is -1.06. The Kier molecular flexibility index (Phi) is 10.8. The van der Waals surface area contributed by atoms with Crippen molar-refractivity contribution >= 4 is 35.6 Å². The summed E-state index contributed by atoms with van der Waals surface area (Å²) in [6.07, 6.45) is 1.07. The van der Waals surface area contributed by atoms with Crippen molar-refractivity contribution < 1.29 is 4.74 Å². The molecule has 6 nitrogen and oxygen atoms in total. The van der Waals surface area contributed by atoms with Gasteiger partial charge >= 0.3 is 0 Å². The van der Waals surface area contributed by atoms with Crippen LogP contribution in [0.5, 0.6) is 0 Å². The van der Waals surface area contributed by atoms with Crippen LogP contribution in [0.1, 0.15) is 13.3 Å². The molecule has 1 heterocycles. The second kappa shape index (κ2) is 12.3. The topological polar surface area (TPSA) is 66.1 Å². The number of nitrogens with two attached hydrogens (primary N) is 1. The van der Waals surface area contributed by atoms with Crippen LogP contribution in [0.4, 0.5) is 5.69 Å². The molecule has 142 valence electrons. The van der Waals surface area contributed by atoms with Gasteiger partial charge in [-0.05, 0) is 32.0 Å². The third kappa shape index (κ3) is 8.24. The number of halogens is 1. The Bertz CT molecular complexity index is 493. The molecular weight excluding hydrogens is 429 g/mol. The number of morpholine rings is 1. The van der Waals surface area contributed by atoms with Crippen molar-refractivity contribution in [2.24, 2.45) is 10.7 Å². The number of likely N-dealkylation sites (N-methyl/N-ethyl adjacent to an activating group) is 1. The lowest BCUT2D eigenvalue weighted by atomic mass is 10.2. The highest BCUT2D eigenvalue weighted by atomic mass is 127. The van der Waals surface area contributed by atoms with E-state index in [0.29, 0.717) is 18.5 Å². The first kappa shape index (κ1) is 22.0. The second-order valence-electron chi connectivity index (χ2n) is 6.26. The van der Waals surface area contributed by atoms with Crippen LogP contribution in [0, 0.1) is 0 Å². The van der Waals surface area contributed by atoms with Crippen LogP contribution in [-0.2, 0) is 4.74 Å². The molecule has 1 atom stereocenters. The Morgan fingerprint density at radius 2 is 2.00 bits per heavy atom. The second-order valence-corrected chi connectivity index (χ2v) is 6.26. The average molecular weight is 461 g/mol. The minimum atomic E-state index is 0. The van der Waals surface area contributed by atoms with Crippen LogP contribution in [0.15, 0.2) is 35.3 Å². The smallest absolute Gasteiger partial charge is 0.188 e. The van der Waals surface area contributed by atoms with Crippen LogP contribution in [0.25, 0.3) is 0 Å². The summed E-state index contributed by atoms with van der Waals surface area (Å²) in [4.78, 5) is 9.11. The highest BCUT2D eigenvalue weighted by Gasteiger charge is 2.10. The number of guanidine groups is 1. The highest BCUT2D eigenvalue weighted by Crippen LogP contribution is 2.13. The van der Waals surface area contributed by atoms with Gasteiger partial charge in [-0.3, -0.25) is 9.89 Å². The van der Waals surface area contributed by atoms with E-state index in [1.165, 1.54) is 5.69 Å². The van der Waals surface area contributed by atoms with Gasteiger partial charge in [0.05, 0.1) is 19.8 Å². The number of nitrogens with one attached hydrogen (secondary N) is 1. The molecule has 0 bridgehead atoms. The van der Waals surface area contributed by atoms with E-state index in [1.807, 2.05) is 18.2 Å². The van der Waals surface area contributed by atoms with Gasteiger partial charge in [0.1, 0.15) is 0 Å². The first-order chi connectivity index (χ1) is 11.7. The Morgan fingerprint density at radius 1 is 1.32 bits per heavy atom. The molecule has 0 aromatic heterocycles. The first-order valence-electron chi connectivity index (χ1n) is 8.78. The standard InChI is InChI=1S/C18H31N5O.HI/c1-16(22(2)17-7-4-3-5-8-17)15-21-18(19)20-9-6-10-23-11-13-24-14-12-23;/h3-5,7-8,16H,6,9-15H2,1-2H3,(H3,19,20,21);1H. The molecule has 0 radical (unpaired) electrons. The SMILES string of the molecule is CC(CN=C(N)NCCCN1CCOCC1)N(C)c1ccccc1.I. The van der Waals surface area contributed by atoms with E-state index in [9.17, 15) is 0 Å². The fraction of sp³-hybridized carbons (Fsp3) is 0.611. The third-order valence-corrected chi connectivity index (χ3v) is 4.41. The minimum absolute atomic E-state index is 0. The van der Waals surface area contributed by atoms with Gasteiger partial charge in [0, 0.05) is 38.4 Å². The molecular formula is C18H32IN5O. The van der Waals surface area contributed by atoms with Crippen molar-refractivity contribution in [3.05, 3.63) is 30.3 Å². The molecule has 1 saturated heterocycles. The molecule has 1 aliphatic heterocycles. The average Bonchev–Trinajstić information content (AvgIpc) is 2.64. The number of benzene rings is 1. The normalized spacial score (nSPS) is 16.8. The fourth-order valence-corrected chi connectivity index (χ4v) is 2.67. The molecule has 0 amide bonds. The number of hydrogen-bond donors (Lipinski definition) is 2. The zero-order chi connectivity index (χ0) is 17.2. The third-order valence-electron chi connectivity index (χ3n) is 4.41. The van der Waals surface area contributed by atoms with E-state index >= 15 is 0 Å². The van der Waals surface area contributed by atoms with Crippen molar-refractivity contribution in [1.82, 2.24) is 10.2 Å². The molecule has 3 N–H and O–H groups in total. The van der Waals surface area contributed by atoms with Crippen molar-refractivity contribution in [3.63, 3.8) is 0 Å². The molecule has 1 aliphatic rings. The van der Waals surface area contributed by atoms with E-state index in [4.69, 9.17) is 10.5 Å². The molecule has 7 heteroatoms. The number of rotatable bonds is 8. The summed E-state index contributed by atoms with van der Waals surface area (Å²) in [5.74, 6) is 0.533. The number of para-hydroxylation sites is 1. The predicted molar refractivity (Wildman–Crippen MR) is 116 cm³/mol. The summed E-state index contributed by atoms with van der Waals surface area (Å²) in [7, 11) is 2.08. The van der Waals surface area contributed by atoms with Crippen LogP contribution in [0.2, 0.25) is 0 Å². The maximum absolute atomic E-state index is 5.97. The molecule has 1 aromatic rings. The fourth-order valence-electron chi connectivity index (χ4n) is 2.67. The molecule has 2 rings (SSSR count). The van der Waals surface area contributed by atoms with Gasteiger partial charge < -0.3 is 20.7 Å². The number of aliphatic imine (C=N–C) groups is 1. The lowest BCUT2D eigenvalue weighted by Gasteiger charge is -2.26. The molecule has 25 heavy (non-hydrogen) atoms. The summed E-state index contributed by atoms with van der Waals surface area (Å²) in [5, 5.41) is 3.21. The summed E-state index contributed by atoms with van der Waals surface area (Å²) < 4.78 is 5.35. The Morgan fingerprint density at radius 3 is 2.68 bits per heavy atom. The zero-order valence-electron chi connectivity index (χ0n) is 15.4. The molecule has 0 spiro atoms. The predicted octanol–water partition coefficient (Wildman–Crippen LogP) is 1.76.